The lowest BCUT2D eigenvalue weighted by Crippen LogP contribution is -2.73. The molecule has 10 amide bonds. The Morgan fingerprint density at radius 1 is 0.661 bits per heavy atom. The van der Waals surface area contributed by atoms with Crippen LogP contribution in [0.4, 0.5) is 31.4 Å². The topological polar surface area (TPSA) is 425 Å². The van der Waals surface area contributed by atoms with Gasteiger partial charge in [0.1, 0.15) is 18.7 Å². The molecule has 4 heterocycles. The predicted molar refractivity (Wildman–Crippen MR) is 407 cm³/mol. The average molecular weight is 1650 g/mol. The van der Waals surface area contributed by atoms with E-state index in [1.807, 2.05) is 13.8 Å². The molecule has 3 aromatic carbocycles. The molecule has 4 atom stereocenters. The van der Waals surface area contributed by atoms with E-state index in [4.69, 9.17) is 71.4 Å². The highest BCUT2D eigenvalue weighted by atomic mass is 79.9. The van der Waals surface area contributed by atoms with Crippen LogP contribution in [-0.4, -0.2) is 245 Å². The second-order valence-corrected chi connectivity index (χ2v) is 30.3. The Hall–Kier alpha value is -7.86. The molecule has 33 nitrogen and oxygen atoms in total. The van der Waals surface area contributed by atoms with E-state index in [0.717, 1.165) is 27.6 Å². The molecule has 2 aromatic heterocycles. The number of primary amides is 1. The molecule has 0 spiro atoms. The van der Waals surface area contributed by atoms with E-state index in [1.54, 1.807) is 66.4 Å². The zero-order chi connectivity index (χ0) is 78.7. The number of fused-ring (bicyclic) bond motifs is 6. The number of ether oxygens (including phenoxy) is 8. The number of amides is 10. The van der Waals surface area contributed by atoms with Gasteiger partial charge in [0.2, 0.25) is 35.4 Å². The standard InChI is InChI=1S/C72H98BrCl2N12O21P/c1-43(2)61(83-55(88)13-18-100-20-22-102-24-26-104-28-29-105-27-25-103-23-21-101-19-15-77-56(89)32-73)65(91)82-50(8-7-14-78-68(76)94)64(90)81-49-11-9-46(10-12-49)39-106-69(95)84(5)16-17-85(6)70(96)107-53-30-51-59(57-44(3)35-79-62(53)57)47(33-74)37-86(51)66(92)71-40-72(41-71,42-71)67(93)87-38-48(34-75)60-52(87)31-54(108-109(97,98)99)63-58(60)45(4)36-80-63/h9-12,30-31,35-36,43,47-48,50,61,79-80H,7-8,13-29,32-34,37-42H2,1-6H3,(H,77,89)(H,81,90)(H,82,91)(H,83,88)(H3,76,78,94)(H2,97,98,99)/t47-,48-,50+,61+,71?,72?/m1/s1. The third-order valence-corrected chi connectivity index (χ3v) is 21.3. The van der Waals surface area contributed by atoms with Crippen LogP contribution in [-0.2, 0) is 73.1 Å². The summed E-state index contributed by atoms with van der Waals surface area (Å²) in [5.41, 5.74) is 9.58. The monoisotopic (exact) mass is 1650 g/mol. The van der Waals surface area contributed by atoms with Gasteiger partial charge >= 0.3 is 26.0 Å². The molecule has 0 unspecified atom stereocenters. The number of aromatic amines is 2. The summed E-state index contributed by atoms with van der Waals surface area (Å²) in [4.78, 5) is 152. The van der Waals surface area contributed by atoms with Gasteiger partial charge in [-0.3, -0.25) is 38.6 Å². The van der Waals surface area contributed by atoms with Gasteiger partial charge in [-0.1, -0.05) is 41.9 Å². The fourth-order valence-electron chi connectivity index (χ4n) is 14.1. The van der Waals surface area contributed by atoms with E-state index < -0.39 is 66.7 Å². The van der Waals surface area contributed by atoms with Crippen LogP contribution in [0.15, 0.2) is 48.8 Å². The van der Waals surface area contributed by atoms with Gasteiger partial charge in [0, 0.05) is 124 Å². The van der Waals surface area contributed by atoms with E-state index in [1.165, 1.54) is 30.0 Å². The Balaban J connectivity index is 0.692. The maximum absolute atomic E-state index is 15.0. The number of rotatable bonds is 44. The fourth-order valence-corrected chi connectivity index (χ4v) is 15.2. The Labute approximate surface area is 649 Å². The summed E-state index contributed by atoms with van der Waals surface area (Å²) in [6.07, 6.45) is 3.16. The lowest BCUT2D eigenvalue weighted by atomic mass is 9.34. The van der Waals surface area contributed by atoms with Gasteiger partial charge in [0.05, 0.1) is 118 Å². The number of likely N-dealkylation sites (N-methyl/N-ethyl adjacent to an activating group) is 2. The highest BCUT2D eigenvalue weighted by Gasteiger charge is 2.76. The zero-order valence-corrected chi connectivity index (χ0v) is 65.9. The number of phosphoric acid groups is 1. The number of halogens is 3. The van der Waals surface area contributed by atoms with Crippen LogP contribution >= 0.6 is 47.0 Å². The molecule has 5 aromatic rings. The third-order valence-electron chi connectivity index (χ3n) is 19.6. The fraction of sp³-hybridized carbons (Fsp3) is 0.569. The molecule has 10 rings (SSSR count). The number of phosphoric ester groups is 1. The Bertz CT molecular complexity index is 4090. The molecular formula is C72H98BrCl2N12O21P. The zero-order valence-electron chi connectivity index (χ0n) is 61.9. The van der Waals surface area contributed by atoms with Crippen LogP contribution in [0.1, 0.15) is 92.0 Å². The Morgan fingerprint density at radius 3 is 1.63 bits per heavy atom. The van der Waals surface area contributed by atoms with Gasteiger partial charge in [-0.05, 0) is 91.8 Å². The molecule has 3 aliphatic carbocycles. The number of hydrogen-bond acceptors (Lipinski definition) is 19. The highest BCUT2D eigenvalue weighted by molar-refractivity contribution is 9.09. The first kappa shape index (κ1) is 85.1. The number of benzene rings is 3. The normalized spacial score (nSPS) is 18.1. The van der Waals surface area contributed by atoms with Gasteiger partial charge in [0.15, 0.2) is 11.5 Å². The maximum Gasteiger partial charge on any atom is 0.524 e. The molecule has 109 heavy (non-hydrogen) atoms. The number of nitrogens with two attached hydrogens (primary N) is 1. The quantitative estimate of drug-likeness (QED) is 0.0111. The van der Waals surface area contributed by atoms with E-state index in [9.17, 15) is 57.5 Å². The van der Waals surface area contributed by atoms with Crippen molar-refractivity contribution in [3.05, 3.63) is 76.6 Å². The summed E-state index contributed by atoms with van der Waals surface area (Å²) in [6, 6.07) is 6.71. The van der Waals surface area contributed by atoms with Crippen molar-refractivity contribution >= 4 is 139 Å². The summed E-state index contributed by atoms with van der Waals surface area (Å²) in [5, 5.41) is 15.1. The number of nitrogens with one attached hydrogen (secondary N) is 7. The lowest BCUT2D eigenvalue weighted by molar-refractivity contribution is -0.205. The van der Waals surface area contributed by atoms with Crippen molar-refractivity contribution in [1.82, 2.24) is 41.0 Å². The molecule has 0 radical (unpaired) electrons. The van der Waals surface area contributed by atoms with Gasteiger partial charge in [0.25, 0.3) is 0 Å². The predicted octanol–water partition coefficient (Wildman–Crippen LogP) is 6.66. The number of alkyl halides is 3. The second-order valence-electron chi connectivity index (χ2n) is 27.9. The number of H-pyrrole nitrogens is 2. The lowest BCUT2D eigenvalue weighted by Gasteiger charge is -2.69. The van der Waals surface area contributed by atoms with Crippen molar-refractivity contribution in [1.29, 1.82) is 0 Å². The van der Waals surface area contributed by atoms with E-state index >= 15 is 0 Å². The molecule has 3 fully saturated rings. The second kappa shape index (κ2) is 39.4. The summed E-state index contributed by atoms with van der Waals surface area (Å²) in [7, 11) is -1.98. The summed E-state index contributed by atoms with van der Waals surface area (Å²) >= 11 is 16.3. The third kappa shape index (κ3) is 21.8. The largest absolute Gasteiger partial charge is 0.524 e. The van der Waals surface area contributed by atoms with Crippen LogP contribution in [0.2, 0.25) is 0 Å². The maximum atomic E-state index is 15.0. The van der Waals surface area contributed by atoms with Gasteiger partial charge in [-0.2, -0.15) is 0 Å². The number of anilines is 3. The highest BCUT2D eigenvalue weighted by Crippen LogP contribution is 2.75. The Morgan fingerprint density at radius 2 is 1.15 bits per heavy atom. The van der Waals surface area contributed by atoms with Crippen LogP contribution in [0.5, 0.6) is 11.5 Å². The minimum absolute atomic E-state index is 0.0230. The van der Waals surface area contributed by atoms with Crippen LogP contribution in [0.25, 0.3) is 21.8 Å². The van der Waals surface area contributed by atoms with Crippen molar-refractivity contribution in [2.24, 2.45) is 22.5 Å². The number of hydrogen-bond donors (Lipinski definition) is 10. The van der Waals surface area contributed by atoms with E-state index in [-0.39, 0.29) is 162 Å². The molecule has 598 valence electrons. The molecule has 11 N–H and O–H groups in total. The number of aryl methyl sites for hydroxylation is 2. The number of aromatic nitrogens is 2. The van der Waals surface area contributed by atoms with E-state index in [2.05, 4.69) is 52.5 Å². The van der Waals surface area contributed by atoms with Gasteiger partial charge < -0.3 is 104 Å². The van der Waals surface area contributed by atoms with Gasteiger partial charge in [-0.25, -0.2) is 18.9 Å². The van der Waals surface area contributed by atoms with Crippen molar-refractivity contribution in [2.45, 2.75) is 96.7 Å². The average Bonchev–Trinajstić information content (AvgIpc) is 1.58. The molecule has 3 saturated carbocycles. The Kier molecular flexibility index (Phi) is 30.7. The number of carbonyl (C=O) groups is 9. The number of urea groups is 1. The van der Waals surface area contributed by atoms with Crippen LogP contribution in [0.3, 0.4) is 0 Å². The summed E-state index contributed by atoms with van der Waals surface area (Å²) < 4.78 is 61.8. The minimum Gasteiger partial charge on any atom is -0.445 e. The van der Waals surface area contributed by atoms with Crippen LogP contribution in [0, 0.1) is 30.6 Å². The van der Waals surface area contributed by atoms with Gasteiger partial charge in [-0.15, -0.1) is 23.2 Å². The number of nitrogens with zero attached hydrogens (tertiary/aromatic N) is 4. The molecule has 0 saturated heterocycles. The molecule has 2 aliphatic heterocycles. The van der Waals surface area contributed by atoms with Crippen molar-refractivity contribution in [3.63, 3.8) is 0 Å². The van der Waals surface area contributed by atoms with Crippen molar-refractivity contribution < 1.29 is 99.9 Å². The van der Waals surface area contributed by atoms with Crippen LogP contribution < -0.4 is 51.4 Å². The smallest absolute Gasteiger partial charge is 0.445 e. The first-order valence-electron chi connectivity index (χ1n) is 36.0. The summed E-state index contributed by atoms with van der Waals surface area (Å²) in [5.74, 6) is -2.65. The van der Waals surface area contributed by atoms with Crippen molar-refractivity contribution in [3.8, 4) is 11.5 Å². The minimum atomic E-state index is -5.00. The molecular weight excluding hydrogens is 1550 g/mol. The van der Waals surface area contributed by atoms with Crippen molar-refractivity contribution in [2.75, 3.05) is 165 Å². The molecule has 2 bridgehead atoms. The van der Waals surface area contributed by atoms with E-state index in [0.29, 0.717) is 105 Å². The molecule has 37 heteroatoms. The molecule has 5 aliphatic rings. The first-order chi connectivity index (χ1) is 52.1. The first-order valence-corrected chi connectivity index (χ1v) is 39.8. The SMILES string of the molecule is Cc1c[nH]c2c(OC(=O)N(C)CCN(C)C(=O)OCc3ccc(NC(=O)[C@H](CCCNC(N)=O)NC(=O)[C@@H](NC(=O)CCOCCOCCOCCOCCOCCOCCNC(=O)CBr)C(C)C)cc3)cc3c(c12)[C@H](CCl)CN3C(=O)C12CC(C(=O)N3C[C@@H](CCl)c4c3cc(OP(=O)(O)O)c3[nH]cc(C)c43)(C1)C2. The number of carbonyl (C=O) groups excluding carboxylic acids is 9. The summed E-state index contributed by atoms with van der Waals surface area (Å²) in [6.45, 7) is 12.2.